The van der Waals surface area contributed by atoms with Crippen molar-refractivity contribution < 1.29 is 14.3 Å². The van der Waals surface area contributed by atoms with E-state index in [1.54, 1.807) is 0 Å². The van der Waals surface area contributed by atoms with Crippen LogP contribution in [0.3, 0.4) is 0 Å². The maximum Gasteiger partial charge on any atom is 0.374 e. The lowest BCUT2D eigenvalue weighted by Crippen LogP contribution is -2.32. The van der Waals surface area contributed by atoms with E-state index in [9.17, 15) is 9.59 Å². The molecule has 0 spiro atoms. The van der Waals surface area contributed by atoms with Crippen LogP contribution >= 0.6 is 0 Å². The van der Waals surface area contributed by atoms with Gasteiger partial charge in [-0.25, -0.2) is 4.79 Å². The summed E-state index contributed by atoms with van der Waals surface area (Å²) in [7, 11) is 1.25. The van der Waals surface area contributed by atoms with Gasteiger partial charge in [-0.15, -0.1) is 0 Å². The van der Waals surface area contributed by atoms with Gasteiger partial charge in [0.25, 0.3) is 0 Å². The molecule has 0 aromatic rings. The first-order valence-corrected chi connectivity index (χ1v) is 5.57. The van der Waals surface area contributed by atoms with Gasteiger partial charge >= 0.3 is 5.97 Å². The second kappa shape index (κ2) is 4.31. The minimum Gasteiger partial charge on any atom is -0.463 e. The van der Waals surface area contributed by atoms with Gasteiger partial charge in [-0.1, -0.05) is 6.42 Å². The Hall–Kier alpha value is -0.900. The zero-order valence-corrected chi connectivity index (χ0v) is 8.99. The third-order valence-corrected chi connectivity index (χ3v) is 3.70. The van der Waals surface area contributed by atoms with Gasteiger partial charge in [-0.2, -0.15) is 0 Å². The summed E-state index contributed by atoms with van der Waals surface area (Å²) < 4.78 is 4.42. The van der Waals surface area contributed by atoms with Crippen LogP contribution < -0.4 is 5.32 Å². The molecule has 1 N–H and O–H groups in total. The fraction of sp³-hybridized carbons (Fsp3) is 0.818. The van der Waals surface area contributed by atoms with Crippen LogP contribution in [0.4, 0.5) is 0 Å². The van der Waals surface area contributed by atoms with Crippen LogP contribution in [0.1, 0.15) is 25.7 Å². The molecule has 84 valence electrons. The predicted octanol–water partition coefficient (Wildman–Crippen LogP) is 0.507. The van der Waals surface area contributed by atoms with Gasteiger partial charge in [0.2, 0.25) is 5.78 Å². The van der Waals surface area contributed by atoms with Gasteiger partial charge in [0.15, 0.2) is 0 Å². The summed E-state index contributed by atoms with van der Waals surface area (Å²) in [6.45, 7) is 1.00. The van der Waals surface area contributed by atoms with Crippen LogP contribution in [0.2, 0.25) is 0 Å². The second-order valence-electron chi connectivity index (χ2n) is 4.49. The summed E-state index contributed by atoms with van der Waals surface area (Å²) in [5.41, 5.74) is 0. The summed E-state index contributed by atoms with van der Waals surface area (Å²) in [4.78, 5) is 22.4. The maximum absolute atomic E-state index is 11.4. The molecule has 1 aliphatic heterocycles. The molecule has 4 nitrogen and oxygen atoms in total. The van der Waals surface area contributed by atoms with Crippen molar-refractivity contribution in [1.29, 1.82) is 0 Å². The van der Waals surface area contributed by atoms with E-state index in [4.69, 9.17) is 0 Å². The number of nitrogens with one attached hydrogen (secondary N) is 1. The Morgan fingerprint density at radius 1 is 1.40 bits per heavy atom. The van der Waals surface area contributed by atoms with E-state index in [0.717, 1.165) is 12.5 Å². The molecule has 2 rings (SSSR count). The zero-order valence-electron chi connectivity index (χ0n) is 8.99. The molecule has 1 aliphatic carbocycles. The minimum atomic E-state index is -0.710. The number of fused-ring (bicyclic) bond motifs is 1. The highest BCUT2D eigenvalue weighted by molar-refractivity contribution is 6.33. The number of carbonyl (C=O) groups excluding carboxylic acids is 2. The number of ketones is 1. The molecule has 0 bridgehead atoms. The third-order valence-electron chi connectivity index (χ3n) is 3.70. The first kappa shape index (κ1) is 10.6. The van der Waals surface area contributed by atoms with Crippen molar-refractivity contribution in [2.24, 2.45) is 11.8 Å². The molecular formula is C11H17NO3. The fourth-order valence-electron chi connectivity index (χ4n) is 2.92. The molecule has 0 radical (unpaired) electrons. The van der Waals surface area contributed by atoms with Crippen molar-refractivity contribution in [3.8, 4) is 0 Å². The third kappa shape index (κ3) is 2.04. The Morgan fingerprint density at radius 3 is 2.93 bits per heavy atom. The second-order valence-corrected chi connectivity index (χ2v) is 4.49. The first-order chi connectivity index (χ1) is 7.22. The van der Waals surface area contributed by atoms with Crippen LogP contribution in [0, 0.1) is 11.8 Å². The molecule has 1 heterocycles. The van der Waals surface area contributed by atoms with Crippen molar-refractivity contribution in [2.75, 3.05) is 13.7 Å². The van der Waals surface area contributed by atoms with E-state index < -0.39 is 11.8 Å². The molecule has 15 heavy (non-hydrogen) atoms. The molecular weight excluding hydrogens is 194 g/mol. The number of methoxy groups -OCH3 is 1. The Morgan fingerprint density at radius 2 is 2.20 bits per heavy atom. The topological polar surface area (TPSA) is 55.4 Å². The van der Waals surface area contributed by atoms with Crippen LogP contribution in [0.25, 0.3) is 0 Å². The fourth-order valence-corrected chi connectivity index (χ4v) is 2.92. The predicted molar refractivity (Wildman–Crippen MR) is 54.3 cm³/mol. The van der Waals surface area contributed by atoms with E-state index in [-0.39, 0.29) is 6.04 Å². The monoisotopic (exact) mass is 211 g/mol. The highest BCUT2D eigenvalue weighted by Gasteiger charge is 2.40. The van der Waals surface area contributed by atoms with Gasteiger partial charge < -0.3 is 10.1 Å². The summed E-state index contributed by atoms with van der Waals surface area (Å²) in [5, 5.41) is 3.34. The lowest BCUT2D eigenvalue weighted by molar-refractivity contribution is -0.151. The molecule has 1 saturated heterocycles. The summed E-state index contributed by atoms with van der Waals surface area (Å²) in [5.74, 6) is 0.208. The van der Waals surface area contributed by atoms with Crippen LogP contribution in [0.15, 0.2) is 0 Å². The van der Waals surface area contributed by atoms with Crippen molar-refractivity contribution in [3.05, 3.63) is 0 Å². The van der Waals surface area contributed by atoms with Crippen LogP contribution in [-0.2, 0) is 14.3 Å². The lowest BCUT2D eigenvalue weighted by atomic mass is 9.91. The Kier molecular flexibility index (Phi) is 3.05. The van der Waals surface area contributed by atoms with Crippen LogP contribution in [0.5, 0.6) is 0 Å². The number of ether oxygens (including phenoxy) is 1. The largest absolute Gasteiger partial charge is 0.463 e. The maximum atomic E-state index is 11.4. The van der Waals surface area contributed by atoms with Gasteiger partial charge in [0.05, 0.1) is 7.11 Å². The number of hydrogen-bond acceptors (Lipinski definition) is 4. The number of rotatable bonds is 3. The van der Waals surface area contributed by atoms with E-state index in [0.29, 0.717) is 12.3 Å². The molecule has 0 aromatic heterocycles. The quantitative estimate of drug-likeness (QED) is 0.546. The van der Waals surface area contributed by atoms with Gasteiger partial charge in [-0.05, 0) is 31.2 Å². The normalized spacial score (nSPS) is 33.8. The average Bonchev–Trinajstić information content (AvgIpc) is 2.81. The molecule has 0 amide bonds. The Labute approximate surface area is 89.4 Å². The van der Waals surface area contributed by atoms with Gasteiger partial charge in [0.1, 0.15) is 0 Å². The highest BCUT2D eigenvalue weighted by Crippen LogP contribution is 2.38. The minimum absolute atomic E-state index is 0.198. The smallest absolute Gasteiger partial charge is 0.374 e. The molecule has 3 unspecified atom stereocenters. The Balaban J connectivity index is 1.90. The summed E-state index contributed by atoms with van der Waals surface area (Å²) in [6.07, 6.45) is 4.02. The summed E-state index contributed by atoms with van der Waals surface area (Å²) >= 11 is 0. The molecule has 1 saturated carbocycles. The van der Waals surface area contributed by atoms with Crippen molar-refractivity contribution in [3.63, 3.8) is 0 Å². The van der Waals surface area contributed by atoms with Crippen molar-refractivity contribution in [1.82, 2.24) is 5.32 Å². The van der Waals surface area contributed by atoms with Gasteiger partial charge in [0, 0.05) is 12.5 Å². The standard InChI is InChI=1S/C11H17NO3/c1-15-11(14)10(13)5-9-8-4-2-3-7(8)6-12-9/h7-9,12H,2-6H2,1H3. The number of carbonyl (C=O) groups is 2. The molecule has 2 fully saturated rings. The van der Waals surface area contributed by atoms with E-state index >= 15 is 0 Å². The van der Waals surface area contributed by atoms with Crippen LogP contribution in [-0.4, -0.2) is 31.4 Å². The average molecular weight is 211 g/mol. The van der Waals surface area contributed by atoms with Crippen molar-refractivity contribution >= 4 is 11.8 Å². The molecule has 2 aliphatic rings. The number of hydrogen-bond donors (Lipinski definition) is 1. The van der Waals surface area contributed by atoms with E-state index in [1.807, 2.05) is 0 Å². The Bertz CT molecular complexity index is 277. The van der Waals surface area contributed by atoms with Crippen molar-refractivity contribution in [2.45, 2.75) is 31.7 Å². The zero-order chi connectivity index (χ0) is 10.8. The molecule has 3 atom stereocenters. The van der Waals surface area contributed by atoms with Gasteiger partial charge in [-0.3, -0.25) is 4.79 Å². The SMILES string of the molecule is COC(=O)C(=O)CC1NCC2CCCC21. The lowest BCUT2D eigenvalue weighted by Gasteiger charge is -2.16. The summed E-state index contributed by atoms with van der Waals surface area (Å²) in [6, 6.07) is 0.198. The number of esters is 1. The van der Waals surface area contributed by atoms with E-state index in [2.05, 4.69) is 10.1 Å². The van der Waals surface area contributed by atoms with E-state index in [1.165, 1.54) is 26.4 Å². The molecule has 4 heteroatoms. The number of Topliss-reactive ketones (excluding diaryl/α,β-unsaturated/α-hetero) is 1. The first-order valence-electron chi connectivity index (χ1n) is 5.57. The highest BCUT2D eigenvalue weighted by atomic mass is 16.5. The molecule has 0 aromatic carbocycles.